The van der Waals surface area contributed by atoms with Crippen LogP contribution in [-0.2, 0) is 6.18 Å². The number of halogens is 3. The lowest BCUT2D eigenvalue weighted by atomic mass is 10.2. The predicted molar refractivity (Wildman–Crippen MR) is 93.2 cm³/mol. The number of hydrogen-bond acceptors (Lipinski definition) is 6. The van der Waals surface area contributed by atoms with E-state index < -0.39 is 11.7 Å². The standard InChI is InChI=1S/C19H15F3N2O4/c1-25-16-11-17(26-2)24-18(23-16)28-14-8-6-13(7-9-14)27-15-5-3-4-12(10-15)19(20,21)22/h3-11H,1-2H3. The molecule has 0 saturated heterocycles. The second-order valence-corrected chi connectivity index (χ2v) is 5.44. The monoisotopic (exact) mass is 392 g/mol. The molecule has 9 heteroatoms. The third-order valence-electron chi connectivity index (χ3n) is 3.51. The summed E-state index contributed by atoms with van der Waals surface area (Å²) in [6.45, 7) is 0. The molecule has 6 nitrogen and oxygen atoms in total. The maximum Gasteiger partial charge on any atom is 0.416 e. The third kappa shape index (κ3) is 4.81. The lowest BCUT2D eigenvalue weighted by molar-refractivity contribution is -0.137. The van der Waals surface area contributed by atoms with E-state index in [-0.39, 0.29) is 23.5 Å². The average Bonchev–Trinajstić information content (AvgIpc) is 2.68. The topological polar surface area (TPSA) is 62.7 Å². The van der Waals surface area contributed by atoms with Crippen LogP contribution in [0.1, 0.15) is 5.56 Å². The lowest BCUT2D eigenvalue weighted by Gasteiger charge is -2.11. The van der Waals surface area contributed by atoms with E-state index in [4.69, 9.17) is 18.9 Å². The van der Waals surface area contributed by atoms with E-state index in [0.29, 0.717) is 11.5 Å². The highest BCUT2D eigenvalue weighted by Crippen LogP contribution is 2.33. The van der Waals surface area contributed by atoms with Gasteiger partial charge in [0.25, 0.3) is 0 Å². The van der Waals surface area contributed by atoms with Gasteiger partial charge in [0.1, 0.15) is 17.2 Å². The van der Waals surface area contributed by atoms with Gasteiger partial charge >= 0.3 is 12.2 Å². The molecule has 0 N–H and O–H groups in total. The van der Waals surface area contributed by atoms with Crippen LogP contribution in [0.15, 0.2) is 54.6 Å². The Kier molecular flexibility index (Phi) is 5.53. The third-order valence-corrected chi connectivity index (χ3v) is 3.51. The van der Waals surface area contributed by atoms with Gasteiger partial charge in [-0.3, -0.25) is 0 Å². The fraction of sp³-hybridized carbons (Fsp3) is 0.158. The molecule has 0 bridgehead atoms. The van der Waals surface area contributed by atoms with Gasteiger partial charge in [0.15, 0.2) is 0 Å². The van der Waals surface area contributed by atoms with Crippen LogP contribution in [0.3, 0.4) is 0 Å². The molecule has 3 aromatic rings. The molecule has 1 heterocycles. The summed E-state index contributed by atoms with van der Waals surface area (Å²) in [6, 6.07) is 12.4. The molecule has 0 radical (unpaired) electrons. The van der Waals surface area contributed by atoms with Crippen molar-refractivity contribution < 1.29 is 32.1 Å². The summed E-state index contributed by atoms with van der Waals surface area (Å²) in [6.07, 6.45) is -4.44. The summed E-state index contributed by atoms with van der Waals surface area (Å²) in [4.78, 5) is 8.09. The molecular formula is C19H15F3N2O4. The molecule has 0 unspecified atom stereocenters. The largest absolute Gasteiger partial charge is 0.481 e. The quantitative estimate of drug-likeness (QED) is 0.582. The van der Waals surface area contributed by atoms with Crippen molar-refractivity contribution in [3.8, 4) is 35.0 Å². The van der Waals surface area contributed by atoms with Crippen LogP contribution in [0.2, 0.25) is 0 Å². The fourth-order valence-electron chi connectivity index (χ4n) is 2.19. The van der Waals surface area contributed by atoms with Gasteiger partial charge < -0.3 is 18.9 Å². The Labute approximate surface area is 158 Å². The first kappa shape index (κ1) is 19.3. The number of methoxy groups -OCH3 is 2. The maximum absolute atomic E-state index is 12.8. The molecule has 0 aliphatic heterocycles. The molecule has 0 spiro atoms. The van der Waals surface area contributed by atoms with Crippen LogP contribution < -0.4 is 18.9 Å². The van der Waals surface area contributed by atoms with Crippen LogP contribution in [0.4, 0.5) is 13.2 Å². The van der Waals surface area contributed by atoms with Crippen LogP contribution in [0.5, 0.6) is 35.0 Å². The molecule has 0 amide bonds. The highest BCUT2D eigenvalue weighted by molar-refractivity contribution is 5.38. The summed E-state index contributed by atoms with van der Waals surface area (Å²) in [5, 5.41) is 0. The van der Waals surface area contributed by atoms with Crippen molar-refractivity contribution in [1.29, 1.82) is 0 Å². The number of alkyl halides is 3. The normalized spacial score (nSPS) is 11.0. The molecule has 0 atom stereocenters. The Morgan fingerprint density at radius 1 is 0.714 bits per heavy atom. The summed E-state index contributed by atoms with van der Waals surface area (Å²) < 4.78 is 59.4. The number of rotatable bonds is 6. The van der Waals surface area contributed by atoms with Crippen molar-refractivity contribution in [3.63, 3.8) is 0 Å². The average molecular weight is 392 g/mol. The highest BCUT2D eigenvalue weighted by Gasteiger charge is 2.30. The van der Waals surface area contributed by atoms with E-state index in [1.807, 2.05) is 0 Å². The van der Waals surface area contributed by atoms with E-state index in [9.17, 15) is 13.2 Å². The second-order valence-electron chi connectivity index (χ2n) is 5.44. The summed E-state index contributed by atoms with van der Waals surface area (Å²) in [5.41, 5.74) is -0.783. The van der Waals surface area contributed by atoms with Crippen molar-refractivity contribution in [2.45, 2.75) is 6.18 Å². The Balaban J connectivity index is 1.72. The molecule has 0 aliphatic carbocycles. The van der Waals surface area contributed by atoms with E-state index in [1.54, 1.807) is 24.3 Å². The summed E-state index contributed by atoms with van der Waals surface area (Å²) in [5.74, 6) is 1.35. The van der Waals surface area contributed by atoms with Crippen molar-refractivity contribution in [3.05, 3.63) is 60.2 Å². The predicted octanol–water partition coefficient (Wildman–Crippen LogP) is 5.10. The van der Waals surface area contributed by atoms with Crippen molar-refractivity contribution in [2.24, 2.45) is 0 Å². The minimum Gasteiger partial charge on any atom is -0.481 e. The van der Waals surface area contributed by atoms with Crippen LogP contribution in [0, 0.1) is 0 Å². The van der Waals surface area contributed by atoms with Gasteiger partial charge in [0.05, 0.1) is 25.8 Å². The molecule has 0 saturated carbocycles. The van der Waals surface area contributed by atoms with Gasteiger partial charge in [0.2, 0.25) is 11.8 Å². The maximum atomic E-state index is 12.8. The Morgan fingerprint density at radius 2 is 1.29 bits per heavy atom. The van der Waals surface area contributed by atoms with E-state index >= 15 is 0 Å². The molecule has 2 aromatic carbocycles. The molecule has 1 aromatic heterocycles. The first-order chi connectivity index (χ1) is 13.4. The summed E-state index contributed by atoms with van der Waals surface area (Å²) in [7, 11) is 2.90. The zero-order chi connectivity index (χ0) is 20.1. The number of nitrogens with zero attached hydrogens (tertiary/aromatic N) is 2. The van der Waals surface area contributed by atoms with Gasteiger partial charge in [-0.15, -0.1) is 0 Å². The Bertz CT molecular complexity index is 924. The highest BCUT2D eigenvalue weighted by atomic mass is 19.4. The Hall–Kier alpha value is -3.49. The first-order valence-corrected chi connectivity index (χ1v) is 7.97. The number of ether oxygens (including phenoxy) is 4. The molecule has 146 valence electrons. The summed E-state index contributed by atoms with van der Waals surface area (Å²) >= 11 is 0. The number of hydrogen-bond donors (Lipinski definition) is 0. The van der Waals surface area contributed by atoms with Gasteiger partial charge in [-0.25, -0.2) is 0 Å². The SMILES string of the molecule is COc1cc(OC)nc(Oc2ccc(Oc3cccc(C(F)(F)F)c3)cc2)n1. The molecule has 28 heavy (non-hydrogen) atoms. The smallest absolute Gasteiger partial charge is 0.416 e. The fourth-order valence-corrected chi connectivity index (χ4v) is 2.19. The van der Waals surface area contributed by atoms with Gasteiger partial charge in [-0.05, 0) is 42.5 Å². The van der Waals surface area contributed by atoms with Crippen LogP contribution >= 0.6 is 0 Å². The van der Waals surface area contributed by atoms with Crippen molar-refractivity contribution >= 4 is 0 Å². The number of benzene rings is 2. The Morgan fingerprint density at radius 3 is 1.82 bits per heavy atom. The van der Waals surface area contributed by atoms with Gasteiger partial charge in [-0.1, -0.05) is 6.07 Å². The van der Waals surface area contributed by atoms with E-state index in [1.165, 1.54) is 32.4 Å². The first-order valence-electron chi connectivity index (χ1n) is 7.97. The molecule has 0 fully saturated rings. The molecule has 0 aliphatic rings. The molecule has 3 rings (SSSR count). The number of aromatic nitrogens is 2. The molecular weight excluding hydrogens is 377 g/mol. The van der Waals surface area contributed by atoms with Crippen molar-refractivity contribution in [1.82, 2.24) is 9.97 Å². The van der Waals surface area contributed by atoms with E-state index in [2.05, 4.69) is 9.97 Å². The zero-order valence-corrected chi connectivity index (χ0v) is 14.9. The van der Waals surface area contributed by atoms with Crippen molar-refractivity contribution in [2.75, 3.05) is 14.2 Å². The second kappa shape index (κ2) is 8.03. The minimum atomic E-state index is -4.44. The van der Waals surface area contributed by atoms with Gasteiger partial charge in [-0.2, -0.15) is 23.1 Å². The zero-order valence-electron chi connectivity index (χ0n) is 14.9. The lowest BCUT2D eigenvalue weighted by Crippen LogP contribution is -2.04. The van der Waals surface area contributed by atoms with Crippen LogP contribution in [0.25, 0.3) is 0 Å². The minimum absolute atomic E-state index is 0.0164. The van der Waals surface area contributed by atoms with Crippen LogP contribution in [-0.4, -0.2) is 24.2 Å². The van der Waals surface area contributed by atoms with Gasteiger partial charge in [0, 0.05) is 0 Å². The van der Waals surface area contributed by atoms with E-state index in [0.717, 1.165) is 12.1 Å².